The van der Waals surface area contributed by atoms with E-state index in [2.05, 4.69) is 26.5 Å². The number of nitrogens with zero attached hydrogens (tertiary/aromatic N) is 4. The smallest absolute Gasteiger partial charge is 0.272 e. The number of rotatable bonds is 10. The molecule has 0 spiro atoms. The number of methoxy groups -OCH3 is 1. The van der Waals surface area contributed by atoms with Gasteiger partial charge in [-0.05, 0) is 96.3 Å². The summed E-state index contributed by atoms with van der Waals surface area (Å²) in [6.45, 7) is 3.85. The van der Waals surface area contributed by atoms with Crippen LogP contribution < -0.4 is 29.6 Å². The Morgan fingerprint density at radius 2 is 1.81 bits per heavy atom. The number of nitrogens with one attached hydrogen (secondary N) is 3. The summed E-state index contributed by atoms with van der Waals surface area (Å²) >= 11 is 0. The van der Waals surface area contributed by atoms with Crippen molar-refractivity contribution in [3.8, 4) is 17.4 Å². The Hall–Kier alpha value is -4.99. The van der Waals surface area contributed by atoms with E-state index >= 15 is 0 Å². The average Bonchev–Trinajstić information content (AvgIpc) is 3.49. The van der Waals surface area contributed by atoms with Gasteiger partial charge >= 0.3 is 0 Å². The Balaban J connectivity index is 1.13. The number of hydrogen-bond donors (Lipinski definition) is 3. The first-order chi connectivity index (χ1) is 28.3. The Kier molecular flexibility index (Phi) is 11.5. The van der Waals surface area contributed by atoms with E-state index in [9.17, 15) is 23.4 Å². The van der Waals surface area contributed by atoms with Crippen LogP contribution in [-0.4, -0.2) is 95.7 Å². The topological polar surface area (TPSA) is 183 Å². The lowest BCUT2D eigenvalue weighted by Crippen LogP contribution is -2.62. The number of amides is 4. The van der Waals surface area contributed by atoms with E-state index in [1.165, 1.54) is 9.58 Å². The molecule has 3 aliphatic carbocycles. The molecule has 3 saturated carbocycles. The van der Waals surface area contributed by atoms with Crippen molar-refractivity contribution in [1.29, 1.82) is 0 Å². The number of carbonyl (C=O) groups is 4. The second-order valence-corrected chi connectivity index (χ2v) is 18.9. The monoisotopic (exact) mass is 829 g/mol. The SMILES string of the molecule is COc1ccc2c(O[C@@H]3C[C@H]4C(=O)N[C@]5(C(=O)NS(=O)C6(C)CC6)CC/C(=C/CCCCC[C@H](NC(=O)c6ccn(C)n6)C(=O)N4C3)C5)cc(OC3CCC3)nc2c1C. The zero-order chi connectivity index (χ0) is 41.5. The van der Waals surface area contributed by atoms with Gasteiger partial charge in [-0.3, -0.25) is 28.6 Å². The number of pyridine rings is 1. The van der Waals surface area contributed by atoms with Gasteiger partial charge in [0, 0.05) is 43.1 Å². The van der Waals surface area contributed by atoms with E-state index in [1.54, 1.807) is 32.5 Å². The summed E-state index contributed by atoms with van der Waals surface area (Å²) in [5.74, 6) is -0.321. The van der Waals surface area contributed by atoms with Crippen molar-refractivity contribution in [2.24, 2.45) is 7.05 Å². The first-order valence-corrected chi connectivity index (χ1v) is 22.2. The number of allylic oxidation sites excluding steroid dienone is 1. The Morgan fingerprint density at radius 3 is 2.53 bits per heavy atom. The van der Waals surface area contributed by atoms with E-state index < -0.39 is 63.1 Å². The molecule has 15 nitrogen and oxygen atoms in total. The third-order valence-corrected chi connectivity index (χ3v) is 14.5. The Morgan fingerprint density at radius 1 is 1.00 bits per heavy atom. The van der Waals surface area contributed by atoms with Crippen LogP contribution in [0.3, 0.4) is 0 Å². The largest absolute Gasteiger partial charge is 0.496 e. The van der Waals surface area contributed by atoms with Gasteiger partial charge < -0.3 is 29.7 Å². The molecular formula is C43H55N7O8S. The maximum Gasteiger partial charge on any atom is 0.272 e. The van der Waals surface area contributed by atoms with Crippen molar-refractivity contribution in [3.63, 3.8) is 0 Å². The highest BCUT2D eigenvalue weighted by Crippen LogP contribution is 2.42. The molecule has 5 atom stereocenters. The van der Waals surface area contributed by atoms with Crippen LogP contribution in [0.25, 0.3) is 10.9 Å². The number of benzene rings is 1. The zero-order valence-corrected chi connectivity index (χ0v) is 35.2. The summed E-state index contributed by atoms with van der Waals surface area (Å²) in [5, 5.41) is 11.0. The maximum atomic E-state index is 14.8. The van der Waals surface area contributed by atoms with Crippen LogP contribution in [0.5, 0.6) is 17.4 Å². The second kappa shape index (κ2) is 16.6. The normalized spacial score (nSPS) is 27.2. The van der Waals surface area contributed by atoms with Gasteiger partial charge in [0.05, 0.1) is 23.9 Å². The highest BCUT2D eigenvalue weighted by atomic mass is 32.2. The molecule has 3 N–H and O–H groups in total. The van der Waals surface area contributed by atoms with Crippen LogP contribution in [0.2, 0.25) is 0 Å². The zero-order valence-electron chi connectivity index (χ0n) is 34.3. The van der Waals surface area contributed by atoms with E-state index in [-0.39, 0.29) is 31.2 Å². The minimum Gasteiger partial charge on any atom is -0.496 e. The van der Waals surface area contributed by atoms with Crippen LogP contribution in [0.1, 0.15) is 113 Å². The standard InChI is InChI=1S/C43H55N7O8S/c1-26-34(56-4)15-14-30-35(23-36(45-37(26)30)58-28-11-9-12-28)57-29-22-33-39(52)46-43(41(54)48-59(55)42(2)19-20-42)18-16-27(24-43)10-7-5-6-8-13-32(40(53)50(33)25-29)44-38(51)31-17-21-49(3)47-31/h10,14-15,17,21,23,28-29,32-33H,5-9,11-13,16,18-20,22,24-25H2,1-4H3,(H,44,51)(H,46,52)(H,48,54)/b27-10-/t29-,32+,33+,43-,59?/m1/s1. The van der Waals surface area contributed by atoms with Gasteiger partial charge in [0.15, 0.2) is 0 Å². The predicted molar refractivity (Wildman–Crippen MR) is 220 cm³/mol. The van der Waals surface area contributed by atoms with E-state index in [1.807, 2.05) is 26.0 Å². The molecule has 3 aromatic rings. The fourth-order valence-electron chi connectivity index (χ4n) is 8.61. The number of carbonyl (C=O) groups excluding carboxylic acids is 4. The van der Waals surface area contributed by atoms with Crippen molar-refractivity contribution < 1.29 is 37.6 Å². The molecule has 4 fully saturated rings. The lowest BCUT2D eigenvalue weighted by atomic mass is 9.95. The molecule has 8 rings (SSSR count). The number of ether oxygens (including phenoxy) is 3. The van der Waals surface area contributed by atoms with Crippen molar-refractivity contribution in [1.82, 2.24) is 35.0 Å². The van der Waals surface area contributed by atoms with Crippen LogP contribution in [0, 0.1) is 6.92 Å². The molecule has 316 valence electrons. The second-order valence-electron chi connectivity index (χ2n) is 17.2. The third-order valence-electron chi connectivity index (χ3n) is 12.8. The quantitative estimate of drug-likeness (QED) is 0.244. The minimum atomic E-state index is -1.62. The lowest BCUT2D eigenvalue weighted by Gasteiger charge is -2.33. The Labute approximate surface area is 346 Å². The molecule has 0 radical (unpaired) electrons. The highest BCUT2D eigenvalue weighted by molar-refractivity contribution is 7.85. The predicted octanol–water partition coefficient (Wildman–Crippen LogP) is 4.63. The summed E-state index contributed by atoms with van der Waals surface area (Å²) in [4.78, 5) is 63.6. The molecule has 2 aliphatic heterocycles. The van der Waals surface area contributed by atoms with Gasteiger partial charge in [-0.15, -0.1) is 0 Å². The van der Waals surface area contributed by atoms with Gasteiger partial charge in [0.1, 0.15) is 58.0 Å². The summed E-state index contributed by atoms with van der Waals surface area (Å²) in [7, 11) is 1.70. The van der Waals surface area contributed by atoms with Crippen LogP contribution in [0.15, 0.2) is 42.1 Å². The molecule has 2 bridgehead atoms. The fraction of sp³-hybridized carbons (Fsp3) is 0.581. The average molecular weight is 830 g/mol. The van der Waals surface area contributed by atoms with Gasteiger partial charge in [0.25, 0.3) is 11.8 Å². The van der Waals surface area contributed by atoms with E-state index in [0.29, 0.717) is 48.6 Å². The molecule has 59 heavy (non-hydrogen) atoms. The summed E-state index contributed by atoms with van der Waals surface area (Å²) in [6, 6.07) is 5.10. The molecule has 2 aromatic heterocycles. The first-order valence-electron chi connectivity index (χ1n) is 21.0. The van der Waals surface area contributed by atoms with Crippen LogP contribution >= 0.6 is 0 Å². The van der Waals surface area contributed by atoms with Crippen molar-refractivity contribution in [3.05, 3.63) is 53.4 Å². The number of aryl methyl sites for hydroxylation is 2. The number of fused-ring (bicyclic) bond motifs is 4. The molecule has 4 amide bonds. The fourth-order valence-corrected chi connectivity index (χ4v) is 9.69. The van der Waals surface area contributed by atoms with Crippen LogP contribution in [-0.2, 0) is 32.4 Å². The van der Waals surface area contributed by atoms with Crippen molar-refractivity contribution in [2.75, 3.05) is 13.7 Å². The lowest BCUT2D eigenvalue weighted by molar-refractivity contribution is -0.142. The maximum absolute atomic E-state index is 14.8. The summed E-state index contributed by atoms with van der Waals surface area (Å²) in [6.07, 6.45) is 12.5. The summed E-state index contributed by atoms with van der Waals surface area (Å²) in [5.41, 5.74) is 1.37. The van der Waals surface area contributed by atoms with Gasteiger partial charge in [-0.2, -0.15) is 5.10 Å². The molecule has 1 saturated heterocycles. The van der Waals surface area contributed by atoms with E-state index in [0.717, 1.165) is 67.9 Å². The molecular weight excluding hydrogens is 775 g/mol. The van der Waals surface area contributed by atoms with Crippen LogP contribution in [0.4, 0.5) is 0 Å². The number of aromatic nitrogens is 3. The molecule has 1 aromatic carbocycles. The molecule has 16 heteroatoms. The summed E-state index contributed by atoms with van der Waals surface area (Å²) < 4.78 is 35.7. The molecule has 5 aliphatic rings. The van der Waals surface area contributed by atoms with Crippen molar-refractivity contribution in [2.45, 2.75) is 138 Å². The first kappa shape index (κ1) is 40.8. The van der Waals surface area contributed by atoms with Gasteiger partial charge in [0.2, 0.25) is 17.7 Å². The number of hydrogen-bond acceptors (Lipinski definition) is 10. The molecule has 4 heterocycles. The third kappa shape index (κ3) is 8.55. The van der Waals surface area contributed by atoms with E-state index in [4.69, 9.17) is 19.2 Å². The highest BCUT2D eigenvalue weighted by Gasteiger charge is 2.52. The van der Waals surface area contributed by atoms with Gasteiger partial charge in [-0.25, -0.2) is 9.19 Å². The Bertz CT molecular complexity index is 2200. The van der Waals surface area contributed by atoms with Crippen molar-refractivity contribution >= 4 is 45.5 Å². The van der Waals surface area contributed by atoms with Gasteiger partial charge in [-0.1, -0.05) is 24.5 Å². The molecule has 1 unspecified atom stereocenters. The minimum absolute atomic E-state index is 0.0391.